The Morgan fingerprint density at radius 2 is 0.860 bits per heavy atom. The molecule has 0 radical (unpaired) electrons. The molecule has 0 atom stereocenters. The maximum atomic E-state index is 2.49. The Bertz CT molecular complexity index is 2860. The molecule has 50 heavy (non-hydrogen) atoms. The summed E-state index contributed by atoms with van der Waals surface area (Å²) < 4.78 is 2.49. The minimum absolute atomic E-state index is 1.16. The van der Waals surface area contributed by atoms with Crippen LogP contribution in [0.2, 0.25) is 0 Å². The van der Waals surface area contributed by atoms with Crippen molar-refractivity contribution in [2.75, 3.05) is 0 Å². The summed E-state index contributed by atoms with van der Waals surface area (Å²) in [4.78, 5) is 0. The average molecular weight is 636 g/mol. The molecule has 0 aliphatic carbocycles. The number of fused-ring (bicyclic) bond motifs is 7. The van der Waals surface area contributed by atoms with E-state index in [-0.39, 0.29) is 0 Å². The molecule has 10 aromatic rings. The highest BCUT2D eigenvalue weighted by atomic mass is 15.0. The molecule has 0 aliphatic rings. The second-order valence-corrected chi connectivity index (χ2v) is 13.3. The first-order chi connectivity index (χ1) is 24.7. The van der Waals surface area contributed by atoms with Crippen LogP contribution in [-0.4, -0.2) is 4.57 Å². The van der Waals surface area contributed by atoms with Crippen LogP contribution < -0.4 is 0 Å². The van der Waals surface area contributed by atoms with Gasteiger partial charge in [-0.2, -0.15) is 0 Å². The van der Waals surface area contributed by atoms with Gasteiger partial charge in [-0.3, -0.25) is 0 Å². The van der Waals surface area contributed by atoms with Crippen LogP contribution in [0.1, 0.15) is 5.56 Å². The molecule has 1 heterocycles. The number of hydrogen-bond acceptors (Lipinski definition) is 0. The first kappa shape index (κ1) is 28.6. The van der Waals surface area contributed by atoms with E-state index in [9.17, 15) is 0 Å². The fourth-order valence-electron chi connectivity index (χ4n) is 8.27. The summed E-state index contributed by atoms with van der Waals surface area (Å²) in [6.45, 7) is 2.19. The molecule has 0 bridgehead atoms. The van der Waals surface area contributed by atoms with Gasteiger partial charge in [-0.25, -0.2) is 0 Å². The van der Waals surface area contributed by atoms with Crippen LogP contribution >= 0.6 is 0 Å². The van der Waals surface area contributed by atoms with E-state index >= 15 is 0 Å². The quantitative estimate of drug-likeness (QED) is 0.170. The van der Waals surface area contributed by atoms with Gasteiger partial charge < -0.3 is 4.57 Å². The lowest BCUT2D eigenvalue weighted by Gasteiger charge is -2.18. The topological polar surface area (TPSA) is 4.93 Å². The lowest BCUT2D eigenvalue weighted by molar-refractivity contribution is 1.19. The lowest BCUT2D eigenvalue weighted by Crippen LogP contribution is -1.96. The Kier molecular flexibility index (Phi) is 6.47. The van der Waals surface area contributed by atoms with Gasteiger partial charge in [0.15, 0.2) is 0 Å². The van der Waals surface area contributed by atoms with Crippen molar-refractivity contribution in [3.05, 3.63) is 188 Å². The van der Waals surface area contributed by atoms with Gasteiger partial charge in [-0.05, 0) is 97.6 Å². The third kappa shape index (κ3) is 4.34. The van der Waals surface area contributed by atoms with E-state index in [1.165, 1.54) is 93.1 Å². The van der Waals surface area contributed by atoms with E-state index in [1.54, 1.807) is 0 Å². The van der Waals surface area contributed by atoms with Crippen molar-refractivity contribution in [2.24, 2.45) is 0 Å². The molecule has 0 unspecified atom stereocenters. The molecule has 0 saturated heterocycles. The SMILES string of the molecule is Cc1ccc2c(c1)c1cc(-c3ccccc3)c3ccccc3c1n2-c1cccc(-c2c3ccccc3c(-c3ccccc3)c3ccccc23)c1. The average Bonchev–Trinajstić information content (AvgIpc) is 3.51. The van der Waals surface area contributed by atoms with Crippen molar-refractivity contribution in [3.63, 3.8) is 0 Å². The summed E-state index contributed by atoms with van der Waals surface area (Å²) in [6.07, 6.45) is 0. The predicted octanol–water partition coefficient (Wildman–Crippen LogP) is 13.6. The summed E-state index contributed by atoms with van der Waals surface area (Å²) in [5, 5.41) is 10.1. The molecule has 1 aromatic heterocycles. The normalized spacial score (nSPS) is 11.7. The zero-order chi connectivity index (χ0) is 33.2. The fraction of sp³-hybridized carbons (Fsp3) is 0.0204. The highest BCUT2D eigenvalue weighted by molar-refractivity contribution is 6.23. The van der Waals surface area contributed by atoms with Crippen molar-refractivity contribution < 1.29 is 0 Å². The minimum Gasteiger partial charge on any atom is -0.309 e. The molecule has 234 valence electrons. The third-order valence-electron chi connectivity index (χ3n) is 10.4. The zero-order valence-corrected chi connectivity index (χ0v) is 27.8. The van der Waals surface area contributed by atoms with Crippen molar-refractivity contribution in [1.29, 1.82) is 0 Å². The van der Waals surface area contributed by atoms with E-state index in [0.717, 1.165) is 5.69 Å². The van der Waals surface area contributed by atoms with Gasteiger partial charge in [0.1, 0.15) is 0 Å². The van der Waals surface area contributed by atoms with Crippen LogP contribution in [0.4, 0.5) is 0 Å². The number of aromatic nitrogens is 1. The summed E-state index contributed by atoms with van der Waals surface area (Å²) in [7, 11) is 0. The molecule has 0 aliphatic heterocycles. The van der Waals surface area contributed by atoms with Gasteiger partial charge in [0.05, 0.1) is 11.0 Å². The van der Waals surface area contributed by atoms with Gasteiger partial charge >= 0.3 is 0 Å². The van der Waals surface area contributed by atoms with Crippen molar-refractivity contribution in [2.45, 2.75) is 6.92 Å². The van der Waals surface area contributed by atoms with Crippen LogP contribution in [0.25, 0.3) is 93.2 Å². The minimum atomic E-state index is 1.16. The first-order valence-electron chi connectivity index (χ1n) is 17.4. The maximum Gasteiger partial charge on any atom is 0.0619 e. The van der Waals surface area contributed by atoms with Crippen LogP contribution in [0, 0.1) is 6.92 Å². The molecule has 1 heteroatoms. The van der Waals surface area contributed by atoms with E-state index in [2.05, 4.69) is 193 Å². The van der Waals surface area contributed by atoms with Crippen LogP contribution in [0.3, 0.4) is 0 Å². The number of nitrogens with zero attached hydrogens (tertiary/aromatic N) is 1. The van der Waals surface area contributed by atoms with E-state index in [1.807, 2.05) is 0 Å². The molecule has 1 nitrogen and oxygen atoms in total. The molecule has 9 aromatic carbocycles. The molecule has 0 N–H and O–H groups in total. The third-order valence-corrected chi connectivity index (χ3v) is 10.4. The van der Waals surface area contributed by atoms with Crippen LogP contribution in [0.15, 0.2) is 182 Å². The summed E-state index contributed by atoms with van der Waals surface area (Å²) >= 11 is 0. The van der Waals surface area contributed by atoms with E-state index < -0.39 is 0 Å². The summed E-state index contributed by atoms with van der Waals surface area (Å²) in [6, 6.07) is 66.8. The van der Waals surface area contributed by atoms with E-state index in [4.69, 9.17) is 0 Å². The number of aryl methyl sites for hydroxylation is 1. The standard InChI is InChI=1S/C49H33N/c1-32-27-28-46-44(29-32)45-31-43(33-15-4-2-5-16-33)37-21-8-13-26-42(37)49(45)50(46)36-20-14-19-35(30-36)48-40-24-11-9-22-38(40)47(34-17-6-3-7-18-34)39-23-10-12-25-41(39)48/h2-31H,1H3. The Labute approximate surface area is 291 Å². The smallest absolute Gasteiger partial charge is 0.0619 e. The predicted molar refractivity (Wildman–Crippen MR) is 214 cm³/mol. The summed E-state index contributed by atoms with van der Waals surface area (Å²) in [5.41, 5.74) is 12.4. The van der Waals surface area contributed by atoms with Gasteiger partial charge in [0.25, 0.3) is 0 Å². The van der Waals surface area contributed by atoms with Crippen LogP contribution in [0.5, 0.6) is 0 Å². The molecule has 0 fully saturated rings. The Hall–Kier alpha value is -6.44. The van der Waals surface area contributed by atoms with Crippen molar-refractivity contribution >= 4 is 54.1 Å². The van der Waals surface area contributed by atoms with Crippen molar-refractivity contribution in [1.82, 2.24) is 4.57 Å². The monoisotopic (exact) mass is 635 g/mol. The van der Waals surface area contributed by atoms with Gasteiger partial charge in [-0.15, -0.1) is 0 Å². The number of rotatable bonds is 4. The van der Waals surface area contributed by atoms with Gasteiger partial charge in [-0.1, -0.05) is 157 Å². The Morgan fingerprint density at radius 3 is 1.50 bits per heavy atom. The number of benzene rings is 9. The second-order valence-electron chi connectivity index (χ2n) is 13.3. The number of hydrogen-bond donors (Lipinski definition) is 0. The maximum absolute atomic E-state index is 2.49. The first-order valence-corrected chi connectivity index (χ1v) is 17.4. The largest absolute Gasteiger partial charge is 0.309 e. The molecule has 0 saturated carbocycles. The Balaban J connectivity index is 1.29. The van der Waals surface area contributed by atoms with E-state index in [0.29, 0.717) is 0 Å². The second kappa shape index (κ2) is 11.3. The highest BCUT2D eigenvalue weighted by Gasteiger charge is 2.20. The molecular formula is C49H33N. The zero-order valence-electron chi connectivity index (χ0n) is 27.8. The molecule has 10 rings (SSSR count). The highest BCUT2D eigenvalue weighted by Crippen LogP contribution is 2.45. The van der Waals surface area contributed by atoms with Gasteiger partial charge in [0.2, 0.25) is 0 Å². The van der Waals surface area contributed by atoms with Gasteiger partial charge in [0, 0.05) is 21.8 Å². The summed E-state index contributed by atoms with van der Waals surface area (Å²) in [5.74, 6) is 0. The molecule has 0 spiro atoms. The lowest BCUT2D eigenvalue weighted by atomic mass is 9.86. The fourth-order valence-corrected chi connectivity index (χ4v) is 8.27. The Morgan fingerprint density at radius 1 is 0.340 bits per heavy atom. The van der Waals surface area contributed by atoms with Crippen LogP contribution in [-0.2, 0) is 0 Å². The molecular weight excluding hydrogens is 603 g/mol. The van der Waals surface area contributed by atoms with Crippen molar-refractivity contribution in [3.8, 4) is 39.1 Å². The molecule has 0 amide bonds.